The number of nitrogens with two attached hydrogens (primary N) is 1. The van der Waals surface area contributed by atoms with Crippen molar-refractivity contribution < 1.29 is 14.9 Å². The number of hydrogen-bond acceptors (Lipinski definition) is 8. The molecule has 4 heterocycles. The number of aromatic nitrogens is 5. The fourth-order valence-corrected chi connectivity index (χ4v) is 2.63. The Labute approximate surface area is 105 Å². The van der Waals surface area contributed by atoms with Crippen LogP contribution in [0.25, 0.3) is 11.2 Å². The number of nitrogens with zero attached hydrogens (tertiary/aromatic N) is 5. The Balaban J connectivity index is 2.11. The first-order valence-corrected chi connectivity index (χ1v) is 5.70. The molecule has 2 aliphatic rings. The molecule has 1 unspecified atom stereocenters. The molecule has 10 heteroatoms. The molecule has 2 bridgehead atoms. The van der Waals surface area contributed by atoms with E-state index in [0.29, 0.717) is 5.65 Å². The first kappa shape index (κ1) is 10.8. The van der Waals surface area contributed by atoms with Gasteiger partial charge in [0.15, 0.2) is 23.2 Å². The summed E-state index contributed by atoms with van der Waals surface area (Å²) in [4.78, 5) is 15.6. The summed E-state index contributed by atoms with van der Waals surface area (Å²) in [6.45, 7) is 0.175. The minimum Gasteiger partial charge on any atom is -0.387 e. The van der Waals surface area contributed by atoms with E-state index in [1.165, 1.54) is 4.68 Å². The highest BCUT2D eigenvalue weighted by Gasteiger charge is 2.47. The number of aliphatic hydroxyl groups excluding tert-OH is 2. The number of aliphatic hydroxyl groups is 2. The van der Waals surface area contributed by atoms with Crippen LogP contribution in [0, 0.1) is 0 Å². The van der Waals surface area contributed by atoms with Gasteiger partial charge in [-0.25, -0.2) is 14.0 Å². The van der Waals surface area contributed by atoms with Crippen LogP contribution in [0.4, 0.5) is 5.82 Å². The third-order valence-electron chi connectivity index (χ3n) is 3.55. The quantitative estimate of drug-likeness (QED) is 0.464. The maximum Gasteiger partial charge on any atom is 0.353 e. The monoisotopic (exact) mass is 266 g/mol. The highest BCUT2D eigenvalue weighted by atomic mass is 16.6. The Hall–Kier alpha value is -2.04. The van der Waals surface area contributed by atoms with Gasteiger partial charge in [-0.15, -0.1) is 5.10 Å². The Kier molecular flexibility index (Phi) is 1.88. The zero-order valence-electron chi connectivity index (χ0n) is 9.54. The van der Waals surface area contributed by atoms with E-state index in [9.17, 15) is 15.0 Å². The molecule has 2 aromatic rings. The molecule has 1 saturated heterocycles. The molecular formula is C9H10N6O4. The second-order valence-electron chi connectivity index (χ2n) is 4.64. The van der Waals surface area contributed by atoms with Crippen LogP contribution < -0.4 is 11.4 Å². The van der Waals surface area contributed by atoms with Gasteiger partial charge in [-0.2, -0.15) is 4.98 Å². The summed E-state index contributed by atoms with van der Waals surface area (Å²) in [6.07, 6.45) is -3.98. The molecule has 4 rings (SSSR count). The molecule has 10 nitrogen and oxygen atoms in total. The molecule has 4 N–H and O–H groups in total. The van der Waals surface area contributed by atoms with Crippen molar-refractivity contribution >= 4 is 17.0 Å². The largest absolute Gasteiger partial charge is 0.387 e. The third kappa shape index (κ3) is 1.20. The van der Waals surface area contributed by atoms with Crippen LogP contribution in [-0.2, 0) is 11.3 Å². The van der Waals surface area contributed by atoms with Crippen LogP contribution in [-0.4, -0.2) is 53.1 Å². The van der Waals surface area contributed by atoms with Gasteiger partial charge < -0.3 is 20.7 Å². The lowest BCUT2D eigenvalue weighted by Crippen LogP contribution is -2.39. The molecule has 0 aromatic carbocycles. The number of ether oxygens (including phenoxy) is 1. The molecule has 0 saturated carbocycles. The van der Waals surface area contributed by atoms with Gasteiger partial charge >= 0.3 is 5.69 Å². The second-order valence-corrected chi connectivity index (χ2v) is 4.64. The van der Waals surface area contributed by atoms with Crippen molar-refractivity contribution in [2.45, 2.75) is 31.1 Å². The Morgan fingerprint density at radius 3 is 2.95 bits per heavy atom. The van der Waals surface area contributed by atoms with Gasteiger partial charge in [0.05, 0.1) is 6.54 Å². The van der Waals surface area contributed by atoms with Gasteiger partial charge in [0, 0.05) is 0 Å². The first-order valence-electron chi connectivity index (χ1n) is 5.70. The maximum atomic E-state index is 12.0. The molecule has 100 valence electrons. The summed E-state index contributed by atoms with van der Waals surface area (Å²) in [5.74, 6) is -0.0182. The van der Waals surface area contributed by atoms with E-state index in [1.54, 1.807) is 0 Å². The highest BCUT2D eigenvalue weighted by molar-refractivity contribution is 5.81. The van der Waals surface area contributed by atoms with Crippen molar-refractivity contribution in [3.63, 3.8) is 0 Å². The van der Waals surface area contributed by atoms with E-state index in [0.717, 1.165) is 4.57 Å². The summed E-state index contributed by atoms with van der Waals surface area (Å²) >= 11 is 0. The maximum absolute atomic E-state index is 12.0. The summed E-state index contributed by atoms with van der Waals surface area (Å²) in [5.41, 5.74) is 5.58. The molecule has 2 aliphatic heterocycles. The topological polar surface area (TPSA) is 141 Å². The van der Waals surface area contributed by atoms with Crippen molar-refractivity contribution in [1.82, 2.24) is 24.5 Å². The molecular weight excluding hydrogens is 256 g/mol. The molecule has 1 fully saturated rings. The molecule has 19 heavy (non-hydrogen) atoms. The zero-order chi connectivity index (χ0) is 13.3. The van der Waals surface area contributed by atoms with Crippen molar-refractivity contribution in [2.75, 3.05) is 5.73 Å². The molecule has 2 aromatic heterocycles. The van der Waals surface area contributed by atoms with Crippen molar-refractivity contribution in [3.05, 3.63) is 10.5 Å². The van der Waals surface area contributed by atoms with Crippen LogP contribution in [0.5, 0.6) is 0 Å². The van der Waals surface area contributed by atoms with E-state index in [4.69, 9.17) is 10.5 Å². The van der Waals surface area contributed by atoms with E-state index in [-0.39, 0.29) is 17.9 Å². The van der Waals surface area contributed by atoms with Gasteiger partial charge in [0.1, 0.15) is 18.3 Å². The lowest BCUT2D eigenvalue weighted by Gasteiger charge is -2.19. The van der Waals surface area contributed by atoms with Gasteiger partial charge in [-0.1, -0.05) is 5.21 Å². The Morgan fingerprint density at radius 1 is 1.37 bits per heavy atom. The summed E-state index contributed by atoms with van der Waals surface area (Å²) in [6, 6.07) is 0. The lowest BCUT2D eigenvalue weighted by atomic mass is 10.1. The van der Waals surface area contributed by atoms with Crippen molar-refractivity contribution in [1.29, 1.82) is 0 Å². The smallest absolute Gasteiger partial charge is 0.353 e. The first-order chi connectivity index (χ1) is 9.08. The third-order valence-corrected chi connectivity index (χ3v) is 3.55. The second kappa shape index (κ2) is 3.29. The predicted molar refractivity (Wildman–Crippen MR) is 59.9 cm³/mol. The number of nitrogen functional groups attached to an aromatic ring is 1. The number of anilines is 1. The van der Waals surface area contributed by atoms with Crippen molar-refractivity contribution in [3.8, 4) is 0 Å². The SMILES string of the molecule is Nc1nc(=O)n2c3c1nnn3C[C@H]1OC2[C@H](O)[C@@H]1O. The summed E-state index contributed by atoms with van der Waals surface area (Å²) in [5, 5.41) is 27.6. The minimum absolute atomic E-state index is 0.0182. The van der Waals surface area contributed by atoms with Crippen LogP contribution in [0.15, 0.2) is 4.79 Å². The lowest BCUT2D eigenvalue weighted by molar-refractivity contribution is -0.0357. The van der Waals surface area contributed by atoms with Crippen LogP contribution in [0.3, 0.4) is 0 Å². The van der Waals surface area contributed by atoms with Crippen LogP contribution in [0.1, 0.15) is 6.23 Å². The average Bonchev–Trinajstić information content (AvgIpc) is 2.82. The van der Waals surface area contributed by atoms with Gasteiger partial charge in [-0.3, -0.25) is 0 Å². The zero-order valence-corrected chi connectivity index (χ0v) is 9.54. The fourth-order valence-electron chi connectivity index (χ4n) is 2.63. The Bertz CT molecular complexity index is 738. The van der Waals surface area contributed by atoms with E-state index in [2.05, 4.69) is 15.3 Å². The van der Waals surface area contributed by atoms with Gasteiger partial charge in [-0.05, 0) is 0 Å². The van der Waals surface area contributed by atoms with E-state index in [1.807, 2.05) is 0 Å². The average molecular weight is 266 g/mol. The normalized spacial score (nSPS) is 32.7. The van der Waals surface area contributed by atoms with Gasteiger partial charge in [0.25, 0.3) is 0 Å². The molecule has 4 atom stereocenters. The van der Waals surface area contributed by atoms with Crippen molar-refractivity contribution in [2.24, 2.45) is 0 Å². The van der Waals surface area contributed by atoms with E-state index >= 15 is 0 Å². The summed E-state index contributed by atoms with van der Waals surface area (Å²) < 4.78 is 8.05. The van der Waals surface area contributed by atoms with E-state index < -0.39 is 30.2 Å². The standard InChI is InChI=1S/C9H10N6O4/c10-6-3-7-14(13-12-3)1-2-4(16)5(17)8(19-2)15(7)9(18)11-6/h2,4-5,8,16-17H,1H2,(H2,10,11,18)/t2-,4-,5-,8?/m1/s1. The molecule has 0 amide bonds. The minimum atomic E-state index is -1.21. The number of rotatable bonds is 0. The number of fused-ring (bicyclic) bond motifs is 3. The molecule has 0 spiro atoms. The Morgan fingerprint density at radius 2 is 2.16 bits per heavy atom. The summed E-state index contributed by atoms with van der Waals surface area (Å²) in [7, 11) is 0. The highest BCUT2D eigenvalue weighted by Crippen LogP contribution is 2.34. The van der Waals surface area contributed by atoms with Gasteiger partial charge in [0.2, 0.25) is 0 Å². The molecule has 0 aliphatic carbocycles. The fraction of sp³-hybridized carbons (Fsp3) is 0.556. The predicted octanol–water partition coefficient (Wildman–Crippen LogP) is -2.80. The molecule has 0 radical (unpaired) electrons. The number of hydrogen-bond donors (Lipinski definition) is 3. The van der Waals surface area contributed by atoms with Crippen LogP contribution in [0.2, 0.25) is 0 Å². The van der Waals surface area contributed by atoms with Crippen LogP contribution >= 0.6 is 0 Å².